The van der Waals surface area contributed by atoms with Gasteiger partial charge in [-0.2, -0.15) is 0 Å². The molecule has 0 amide bonds. The summed E-state index contributed by atoms with van der Waals surface area (Å²) in [6.45, 7) is 5.89. The van der Waals surface area contributed by atoms with Crippen LogP contribution in [0.15, 0.2) is 0 Å². The number of carbonyl (C=O) groups is 1. The van der Waals surface area contributed by atoms with Gasteiger partial charge in [0.2, 0.25) is 0 Å². The van der Waals surface area contributed by atoms with E-state index in [0.29, 0.717) is 5.92 Å². The van der Waals surface area contributed by atoms with Gasteiger partial charge in [0, 0.05) is 57.9 Å². The molecule has 0 aromatic heterocycles. The Morgan fingerprint density at radius 3 is 3.00 bits per heavy atom. The van der Waals surface area contributed by atoms with Crippen LogP contribution in [-0.4, -0.2) is 76.5 Å². The molecule has 3 nitrogen and oxygen atoms in total. The van der Waals surface area contributed by atoms with Gasteiger partial charge in [-0.25, -0.2) is 0 Å². The standard InChI is InChI=1S/C11H19NO2.K/c1-3-8(2)14-10(13)11-6-9(11)4-5-12-7-11;/h8-9,12H,3-7H2,1-2H3;. The number of fused-ring (bicyclic) bond motifs is 1. The molecule has 3 unspecified atom stereocenters. The monoisotopic (exact) mass is 236 g/mol. The first-order valence-electron chi connectivity index (χ1n) is 5.61. The molecule has 1 aliphatic carbocycles. The number of hydrogen-bond donors (Lipinski definition) is 1. The van der Waals surface area contributed by atoms with Gasteiger partial charge in [-0.15, -0.1) is 0 Å². The molecule has 81 valence electrons. The zero-order chi connectivity index (χ0) is 10.2. The smallest absolute Gasteiger partial charge is 0.313 e. The fourth-order valence-electron chi connectivity index (χ4n) is 2.27. The quantitative estimate of drug-likeness (QED) is 0.585. The van der Waals surface area contributed by atoms with Gasteiger partial charge in [0.1, 0.15) is 0 Å². The van der Waals surface area contributed by atoms with Crippen molar-refractivity contribution in [1.82, 2.24) is 5.32 Å². The van der Waals surface area contributed by atoms with Crippen LogP contribution in [0, 0.1) is 11.3 Å². The van der Waals surface area contributed by atoms with E-state index in [-0.39, 0.29) is 68.9 Å². The summed E-state index contributed by atoms with van der Waals surface area (Å²) >= 11 is 0. The van der Waals surface area contributed by atoms with Crippen molar-refractivity contribution in [2.24, 2.45) is 11.3 Å². The minimum Gasteiger partial charge on any atom is -0.462 e. The second-order valence-corrected chi connectivity index (χ2v) is 4.65. The summed E-state index contributed by atoms with van der Waals surface area (Å²) in [4.78, 5) is 11.9. The Morgan fingerprint density at radius 2 is 2.40 bits per heavy atom. The molecule has 0 bridgehead atoms. The molecule has 3 atom stereocenters. The van der Waals surface area contributed by atoms with Gasteiger partial charge in [-0.3, -0.25) is 4.79 Å². The summed E-state index contributed by atoms with van der Waals surface area (Å²) < 4.78 is 5.40. The molecule has 1 saturated carbocycles. The first kappa shape index (κ1) is 14.1. The molecule has 0 aromatic rings. The third-order valence-electron chi connectivity index (χ3n) is 3.63. The summed E-state index contributed by atoms with van der Waals surface area (Å²) in [6, 6.07) is 0. The second kappa shape index (κ2) is 5.60. The first-order chi connectivity index (χ1) is 6.69. The van der Waals surface area contributed by atoms with Crippen LogP contribution in [0.3, 0.4) is 0 Å². The fraction of sp³-hybridized carbons (Fsp3) is 0.909. The largest absolute Gasteiger partial charge is 0.462 e. The molecular weight excluding hydrogens is 217 g/mol. The van der Waals surface area contributed by atoms with Crippen LogP contribution in [-0.2, 0) is 9.53 Å². The van der Waals surface area contributed by atoms with Crippen molar-refractivity contribution in [1.29, 1.82) is 0 Å². The van der Waals surface area contributed by atoms with Crippen LogP contribution in [0.1, 0.15) is 33.1 Å². The minimum atomic E-state index is -0.137. The molecule has 1 radical (unpaired) electrons. The van der Waals surface area contributed by atoms with Crippen molar-refractivity contribution < 1.29 is 9.53 Å². The van der Waals surface area contributed by atoms with Crippen molar-refractivity contribution in [2.45, 2.75) is 39.2 Å². The molecule has 1 heterocycles. The summed E-state index contributed by atoms with van der Waals surface area (Å²) in [6.07, 6.45) is 3.14. The summed E-state index contributed by atoms with van der Waals surface area (Å²) in [5.74, 6) is 0.629. The summed E-state index contributed by atoms with van der Waals surface area (Å²) in [7, 11) is 0. The maximum absolute atomic E-state index is 11.9. The molecular formula is C11H19KNO2. The molecule has 1 aliphatic heterocycles. The van der Waals surface area contributed by atoms with E-state index in [1.165, 1.54) is 0 Å². The Labute approximate surface area is 134 Å². The van der Waals surface area contributed by atoms with Gasteiger partial charge < -0.3 is 10.1 Å². The first-order valence-corrected chi connectivity index (χ1v) is 5.61. The molecule has 2 aliphatic rings. The van der Waals surface area contributed by atoms with Crippen molar-refractivity contribution in [3.63, 3.8) is 0 Å². The molecule has 0 aromatic carbocycles. The SMILES string of the molecule is CCC(C)OC(=O)C12CNCCC1C2.[K]. The Balaban J connectivity index is 0.00000112. The number of ether oxygens (including phenoxy) is 1. The van der Waals surface area contributed by atoms with Crippen molar-refractivity contribution in [3.05, 3.63) is 0 Å². The number of carbonyl (C=O) groups excluding carboxylic acids is 1. The van der Waals surface area contributed by atoms with Crippen LogP contribution in [0.25, 0.3) is 0 Å². The Hall–Kier alpha value is 1.07. The van der Waals surface area contributed by atoms with Gasteiger partial charge in [-0.1, -0.05) is 6.92 Å². The molecule has 1 N–H and O–H groups in total. The number of nitrogens with one attached hydrogen (secondary N) is 1. The van der Waals surface area contributed by atoms with E-state index in [2.05, 4.69) is 5.32 Å². The van der Waals surface area contributed by atoms with Gasteiger partial charge in [-0.05, 0) is 38.6 Å². The minimum absolute atomic E-state index is 0. The molecule has 2 rings (SSSR count). The van der Waals surface area contributed by atoms with Crippen LogP contribution in [0.4, 0.5) is 0 Å². The number of esters is 1. The van der Waals surface area contributed by atoms with E-state index >= 15 is 0 Å². The normalized spacial score (nSPS) is 34.7. The predicted molar refractivity (Wildman–Crippen MR) is 59.6 cm³/mol. The average Bonchev–Trinajstić information content (AvgIpc) is 2.93. The summed E-state index contributed by atoms with van der Waals surface area (Å²) in [5, 5.41) is 3.29. The van der Waals surface area contributed by atoms with Crippen LogP contribution >= 0.6 is 0 Å². The number of hydrogen-bond acceptors (Lipinski definition) is 3. The molecule has 2 fully saturated rings. The maximum atomic E-state index is 11.9. The Kier molecular flexibility index (Phi) is 5.28. The topological polar surface area (TPSA) is 38.3 Å². The third-order valence-corrected chi connectivity index (χ3v) is 3.63. The van der Waals surface area contributed by atoms with Gasteiger partial charge in [0.15, 0.2) is 0 Å². The molecule has 0 spiro atoms. The zero-order valence-corrected chi connectivity index (χ0v) is 13.1. The van der Waals surface area contributed by atoms with Gasteiger partial charge >= 0.3 is 5.97 Å². The van der Waals surface area contributed by atoms with E-state index in [0.717, 1.165) is 32.4 Å². The van der Waals surface area contributed by atoms with Gasteiger partial charge in [0.25, 0.3) is 0 Å². The summed E-state index contributed by atoms with van der Waals surface area (Å²) in [5.41, 5.74) is -0.137. The van der Waals surface area contributed by atoms with E-state index in [4.69, 9.17) is 4.74 Å². The third kappa shape index (κ3) is 2.85. The van der Waals surface area contributed by atoms with Gasteiger partial charge in [0.05, 0.1) is 11.5 Å². The average molecular weight is 236 g/mol. The van der Waals surface area contributed by atoms with Crippen LogP contribution in [0.5, 0.6) is 0 Å². The molecule has 4 heteroatoms. The maximum Gasteiger partial charge on any atom is 0.313 e. The number of rotatable bonds is 3. The van der Waals surface area contributed by atoms with Crippen molar-refractivity contribution >= 4 is 57.4 Å². The molecule has 1 saturated heterocycles. The van der Waals surface area contributed by atoms with Crippen molar-refractivity contribution in [3.8, 4) is 0 Å². The Morgan fingerprint density at radius 1 is 1.67 bits per heavy atom. The Bertz CT molecular complexity index is 247. The van der Waals surface area contributed by atoms with E-state index in [1.54, 1.807) is 0 Å². The second-order valence-electron chi connectivity index (χ2n) is 4.65. The zero-order valence-electron chi connectivity index (χ0n) is 10.0. The number of piperidine rings is 1. The van der Waals surface area contributed by atoms with E-state index in [1.807, 2.05) is 13.8 Å². The van der Waals surface area contributed by atoms with Crippen molar-refractivity contribution in [2.75, 3.05) is 13.1 Å². The van der Waals surface area contributed by atoms with Crippen LogP contribution in [0.2, 0.25) is 0 Å². The molecule has 15 heavy (non-hydrogen) atoms. The predicted octanol–water partition coefficient (Wildman–Crippen LogP) is 0.947. The fourth-order valence-corrected chi connectivity index (χ4v) is 2.27. The van der Waals surface area contributed by atoms with Crippen LogP contribution < -0.4 is 5.32 Å². The van der Waals surface area contributed by atoms with E-state index in [9.17, 15) is 4.79 Å². The van der Waals surface area contributed by atoms with E-state index < -0.39 is 0 Å².